The molecule has 0 fully saturated rings. The Labute approximate surface area is 133 Å². The first-order valence-corrected chi connectivity index (χ1v) is 7.42. The summed E-state index contributed by atoms with van der Waals surface area (Å²) in [4.78, 5) is 12.6. The Morgan fingerprint density at radius 3 is 2.43 bits per heavy atom. The zero-order valence-electron chi connectivity index (χ0n) is 12.8. The van der Waals surface area contributed by atoms with Gasteiger partial charge in [0.15, 0.2) is 6.10 Å². The number of ether oxygens (including phenoxy) is 1. The minimum atomic E-state index is -0.747. The second-order valence-electron chi connectivity index (χ2n) is 5.89. The van der Waals surface area contributed by atoms with E-state index in [1.54, 1.807) is 24.3 Å². The Kier molecular flexibility index (Phi) is 2.84. The highest BCUT2D eigenvalue weighted by atomic mass is 16.5. The zero-order valence-corrected chi connectivity index (χ0v) is 12.8. The van der Waals surface area contributed by atoms with Gasteiger partial charge in [0, 0.05) is 5.56 Å². The lowest BCUT2D eigenvalue weighted by molar-refractivity contribution is -0.121. The maximum Gasteiger partial charge on any atom is 0.229 e. The Morgan fingerprint density at radius 2 is 1.74 bits per heavy atom. The number of aryl methyl sites for hydroxylation is 2. The molecule has 0 radical (unpaired) electrons. The molecule has 0 amide bonds. The van der Waals surface area contributed by atoms with Crippen molar-refractivity contribution >= 4 is 17.2 Å². The van der Waals surface area contributed by atoms with Crippen molar-refractivity contribution in [3.8, 4) is 5.75 Å². The van der Waals surface area contributed by atoms with E-state index in [1.807, 2.05) is 26.0 Å². The summed E-state index contributed by atoms with van der Waals surface area (Å²) in [5.41, 5.74) is 5.11. The van der Waals surface area contributed by atoms with E-state index >= 15 is 0 Å². The number of carbonyl (C=O) groups excluding carboxylic acids is 1. The molecule has 2 aromatic rings. The highest BCUT2D eigenvalue weighted by molar-refractivity contribution is 6.06. The van der Waals surface area contributed by atoms with Gasteiger partial charge in [-0.3, -0.25) is 4.79 Å². The number of ketones is 1. The summed E-state index contributed by atoms with van der Waals surface area (Å²) in [6, 6.07) is 10.6. The highest BCUT2D eigenvalue weighted by Gasteiger charge is 2.39. The molecule has 0 saturated heterocycles. The van der Waals surface area contributed by atoms with Gasteiger partial charge in [0.2, 0.25) is 11.7 Å². The number of benzene rings is 2. The van der Waals surface area contributed by atoms with Gasteiger partial charge in [0.25, 0.3) is 0 Å². The van der Waals surface area contributed by atoms with E-state index in [-0.39, 0.29) is 11.5 Å². The van der Waals surface area contributed by atoms with Gasteiger partial charge in [0.05, 0.1) is 11.4 Å². The Bertz CT molecular complexity index is 871. The van der Waals surface area contributed by atoms with E-state index < -0.39 is 6.10 Å². The van der Waals surface area contributed by atoms with Crippen molar-refractivity contribution in [2.45, 2.75) is 20.0 Å². The van der Waals surface area contributed by atoms with Crippen molar-refractivity contribution in [1.29, 1.82) is 0 Å². The Morgan fingerprint density at radius 1 is 1.04 bits per heavy atom. The van der Waals surface area contributed by atoms with Gasteiger partial charge in [-0.05, 0) is 49.2 Å². The molecule has 0 saturated carbocycles. The van der Waals surface area contributed by atoms with Gasteiger partial charge in [0.1, 0.15) is 11.4 Å². The zero-order chi connectivity index (χ0) is 16.1. The number of anilines is 2. The molecular formula is C18H16N2O3. The number of phenols is 1. The van der Waals surface area contributed by atoms with Crippen LogP contribution in [-0.4, -0.2) is 10.9 Å². The smallest absolute Gasteiger partial charge is 0.229 e. The van der Waals surface area contributed by atoms with E-state index in [0.717, 1.165) is 22.5 Å². The molecule has 2 heterocycles. The number of aromatic hydroxyl groups is 1. The molecule has 4 rings (SSSR count). The summed E-state index contributed by atoms with van der Waals surface area (Å²) in [7, 11) is 0. The molecule has 0 bridgehead atoms. The topological polar surface area (TPSA) is 70.6 Å². The molecule has 5 heteroatoms. The lowest BCUT2D eigenvalue weighted by Gasteiger charge is -2.21. The number of rotatable bonds is 1. The van der Waals surface area contributed by atoms with Crippen LogP contribution in [0.3, 0.4) is 0 Å². The van der Waals surface area contributed by atoms with E-state index in [2.05, 4.69) is 10.6 Å². The summed E-state index contributed by atoms with van der Waals surface area (Å²) in [5, 5.41) is 16.0. The van der Waals surface area contributed by atoms with Crippen molar-refractivity contribution in [3.63, 3.8) is 0 Å². The predicted octanol–water partition coefficient (Wildman–Crippen LogP) is 3.36. The highest BCUT2D eigenvalue weighted by Crippen LogP contribution is 2.40. The van der Waals surface area contributed by atoms with Gasteiger partial charge in [-0.15, -0.1) is 0 Å². The average Bonchev–Trinajstić information content (AvgIpc) is 2.83. The largest absolute Gasteiger partial charge is 0.508 e. The third-order valence-corrected chi connectivity index (χ3v) is 4.26. The first kappa shape index (κ1) is 13.7. The molecule has 0 aliphatic carbocycles. The summed E-state index contributed by atoms with van der Waals surface area (Å²) >= 11 is 0. The second-order valence-corrected chi connectivity index (χ2v) is 5.89. The van der Waals surface area contributed by atoms with Crippen molar-refractivity contribution < 1.29 is 14.6 Å². The van der Waals surface area contributed by atoms with Crippen LogP contribution in [0.5, 0.6) is 5.75 Å². The van der Waals surface area contributed by atoms with Crippen LogP contribution in [0.2, 0.25) is 0 Å². The number of fused-ring (bicyclic) bond motifs is 1. The van der Waals surface area contributed by atoms with E-state index in [0.29, 0.717) is 17.1 Å². The fourth-order valence-electron chi connectivity index (χ4n) is 2.87. The van der Waals surface area contributed by atoms with Crippen LogP contribution < -0.4 is 10.6 Å². The summed E-state index contributed by atoms with van der Waals surface area (Å²) in [6.45, 7) is 4.07. The number of Topliss-reactive ketones (excluding diaryl/α,β-unsaturated/α-hetero) is 1. The quantitative estimate of drug-likeness (QED) is 0.753. The number of hydrogen-bond donors (Lipinski definition) is 3. The molecule has 2 aromatic carbocycles. The SMILES string of the molecule is Cc1cc2c(cc1C)NC1=C(N2)O[C@@H](c2cccc(O)c2)C1=O. The first-order chi connectivity index (χ1) is 11.0. The normalized spacial score (nSPS) is 18.7. The lowest BCUT2D eigenvalue weighted by Crippen LogP contribution is -2.18. The monoisotopic (exact) mass is 308 g/mol. The molecule has 0 unspecified atom stereocenters. The number of hydrogen-bond acceptors (Lipinski definition) is 5. The van der Waals surface area contributed by atoms with Crippen LogP contribution in [0, 0.1) is 13.8 Å². The Hall–Kier alpha value is -2.95. The van der Waals surface area contributed by atoms with Gasteiger partial charge in [-0.25, -0.2) is 0 Å². The number of carbonyl (C=O) groups is 1. The first-order valence-electron chi connectivity index (χ1n) is 7.42. The van der Waals surface area contributed by atoms with Crippen molar-refractivity contribution in [3.05, 3.63) is 64.7 Å². The minimum Gasteiger partial charge on any atom is -0.508 e. The standard InChI is InChI=1S/C18H16N2O3/c1-9-6-13-14(7-10(9)2)20-18-15(19-13)16(22)17(23-18)11-4-3-5-12(21)8-11/h3-8,17,19-21H,1-2H3/t17-/m0/s1. The van der Waals surface area contributed by atoms with Crippen molar-refractivity contribution in [2.75, 3.05) is 10.6 Å². The Balaban J connectivity index is 1.68. The van der Waals surface area contributed by atoms with E-state index in [4.69, 9.17) is 4.74 Å². The average molecular weight is 308 g/mol. The van der Waals surface area contributed by atoms with E-state index in [1.165, 1.54) is 0 Å². The van der Waals surface area contributed by atoms with Crippen LogP contribution in [0.4, 0.5) is 11.4 Å². The number of phenolic OH excluding ortho intramolecular Hbond substituents is 1. The maximum atomic E-state index is 12.6. The summed E-state index contributed by atoms with van der Waals surface area (Å²) < 4.78 is 5.79. The van der Waals surface area contributed by atoms with Crippen LogP contribution in [0.15, 0.2) is 48.0 Å². The summed E-state index contributed by atoms with van der Waals surface area (Å²) in [5.74, 6) is 0.389. The van der Waals surface area contributed by atoms with Gasteiger partial charge in [-0.2, -0.15) is 0 Å². The molecule has 2 aliphatic rings. The molecule has 3 N–H and O–H groups in total. The predicted molar refractivity (Wildman–Crippen MR) is 87.1 cm³/mol. The molecule has 23 heavy (non-hydrogen) atoms. The third kappa shape index (κ3) is 2.12. The molecule has 2 aliphatic heterocycles. The molecule has 0 aromatic heterocycles. The van der Waals surface area contributed by atoms with Crippen molar-refractivity contribution in [2.24, 2.45) is 0 Å². The van der Waals surface area contributed by atoms with Crippen LogP contribution in [-0.2, 0) is 9.53 Å². The fraction of sp³-hybridized carbons (Fsp3) is 0.167. The molecule has 5 nitrogen and oxygen atoms in total. The van der Waals surface area contributed by atoms with Crippen LogP contribution in [0.1, 0.15) is 22.8 Å². The van der Waals surface area contributed by atoms with Gasteiger partial charge < -0.3 is 20.5 Å². The molecule has 0 spiro atoms. The van der Waals surface area contributed by atoms with Crippen LogP contribution in [0.25, 0.3) is 0 Å². The van der Waals surface area contributed by atoms with E-state index in [9.17, 15) is 9.90 Å². The van der Waals surface area contributed by atoms with Gasteiger partial charge >= 0.3 is 0 Å². The van der Waals surface area contributed by atoms with Crippen LogP contribution >= 0.6 is 0 Å². The second kappa shape index (κ2) is 4.78. The molecular weight excluding hydrogens is 292 g/mol. The molecule has 1 atom stereocenters. The fourth-order valence-corrected chi connectivity index (χ4v) is 2.87. The summed E-state index contributed by atoms with van der Waals surface area (Å²) in [6.07, 6.45) is -0.747. The maximum absolute atomic E-state index is 12.6. The lowest BCUT2D eigenvalue weighted by atomic mass is 10.0. The third-order valence-electron chi connectivity index (χ3n) is 4.26. The minimum absolute atomic E-state index is 0.110. The number of nitrogens with one attached hydrogen (secondary N) is 2. The van der Waals surface area contributed by atoms with Gasteiger partial charge in [-0.1, -0.05) is 12.1 Å². The molecule has 116 valence electrons. The van der Waals surface area contributed by atoms with Crippen molar-refractivity contribution in [1.82, 2.24) is 0 Å².